The molecule has 0 saturated carbocycles. The number of hydrogen-bond donors (Lipinski definition) is 1. The lowest BCUT2D eigenvalue weighted by Crippen LogP contribution is -2.18. The van der Waals surface area contributed by atoms with Crippen molar-refractivity contribution in [3.05, 3.63) is 68.7 Å². The molecule has 0 amide bonds. The minimum absolute atomic E-state index is 0.277. The molecule has 0 saturated heterocycles. The second-order valence-corrected chi connectivity index (χ2v) is 6.00. The molecule has 1 atom stereocenters. The SMILES string of the molecule is CNC(Cc1ccc(Br)cc1)c1ccc(C)c(Cl)c1. The maximum Gasteiger partial charge on any atom is 0.0438 e. The molecule has 2 rings (SSSR count). The van der Waals surface area contributed by atoms with Gasteiger partial charge in [0, 0.05) is 15.5 Å². The predicted octanol–water partition coefficient (Wildman–Crippen LogP) is 4.91. The molecule has 100 valence electrons. The molecule has 0 heterocycles. The third-order valence-corrected chi connectivity index (χ3v) is 4.24. The molecule has 0 aliphatic heterocycles. The summed E-state index contributed by atoms with van der Waals surface area (Å²) in [5, 5.41) is 4.19. The average Bonchev–Trinajstić information content (AvgIpc) is 2.41. The Labute approximate surface area is 128 Å². The Morgan fingerprint density at radius 2 is 1.84 bits per heavy atom. The molecule has 2 aromatic rings. The van der Waals surface area contributed by atoms with Crippen LogP contribution in [0.25, 0.3) is 0 Å². The van der Waals surface area contributed by atoms with Gasteiger partial charge in [0.15, 0.2) is 0 Å². The summed E-state index contributed by atoms with van der Waals surface area (Å²) in [5.41, 5.74) is 3.64. The molecule has 1 N–H and O–H groups in total. The van der Waals surface area contributed by atoms with Crippen molar-refractivity contribution in [2.24, 2.45) is 0 Å². The van der Waals surface area contributed by atoms with Crippen molar-refractivity contribution < 1.29 is 0 Å². The van der Waals surface area contributed by atoms with E-state index in [2.05, 4.69) is 63.7 Å². The van der Waals surface area contributed by atoms with Crippen LogP contribution in [0.2, 0.25) is 5.02 Å². The van der Waals surface area contributed by atoms with Crippen LogP contribution in [-0.4, -0.2) is 7.05 Å². The first-order valence-electron chi connectivity index (χ1n) is 6.28. The molecule has 0 fully saturated rings. The number of rotatable bonds is 4. The van der Waals surface area contributed by atoms with Crippen LogP contribution in [0.3, 0.4) is 0 Å². The Bertz CT molecular complexity index is 551. The molecule has 1 nitrogen and oxygen atoms in total. The van der Waals surface area contributed by atoms with Crippen LogP contribution in [0.5, 0.6) is 0 Å². The Morgan fingerprint density at radius 1 is 1.16 bits per heavy atom. The van der Waals surface area contributed by atoms with Crippen molar-refractivity contribution in [2.75, 3.05) is 7.05 Å². The van der Waals surface area contributed by atoms with Crippen LogP contribution in [0.1, 0.15) is 22.7 Å². The summed E-state index contributed by atoms with van der Waals surface area (Å²) in [6, 6.07) is 15.0. The van der Waals surface area contributed by atoms with Crippen molar-refractivity contribution in [3.8, 4) is 0 Å². The minimum Gasteiger partial charge on any atom is -0.313 e. The van der Waals surface area contributed by atoms with Gasteiger partial charge in [-0.05, 0) is 55.3 Å². The third kappa shape index (κ3) is 3.82. The summed E-state index contributed by atoms with van der Waals surface area (Å²) in [6.45, 7) is 2.02. The Hall–Kier alpha value is -0.830. The fourth-order valence-corrected chi connectivity index (χ4v) is 2.52. The molecule has 1 unspecified atom stereocenters. The summed E-state index contributed by atoms with van der Waals surface area (Å²) in [6.07, 6.45) is 0.948. The van der Waals surface area contributed by atoms with Crippen LogP contribution < -0.4 is 5.32 Å². The summed E-state index contributed by atoms with van der Waals surface area (Å²) in [4.78, 5) is 0. The van der Waals surface area contributed by atoms with Crippen molar-refractivity contribution in [2.45, 2.75) is 19.4 Å². The third-order valence-electron chi connectivity index (χ3n) is 3.30. The highest BCUT2D eigenvalue weighted by Gasteiger charge is 2.11. The van der Waals surface area contributed by atoms with Gasteiger partial charge in [-0.25, -0.2) is 0 Å². The number of halogens is 2. The van der Waals surface area contributed by atoms with E-state index >= 15 is 0 Å². The molecule has 2 aromatic carbocycles. The second-order valence-electron chi connectivity index (χ2n) is 4.68. The lowest BCUT2D eigenvalue weighted by molar-refractivity contribution is 0.592. The molecular formula is C16H17BrClN. The van der Waals surface area contributed by atoms with E-state index in [9.17, 15) is 0 Å². The standard InChI is InChI=1S/C16H17BrClN/c1-11-3-6-13(10-15(11)18)16(19-2)9-12-4-7-14(17)8-5-12/h3-8,10,16,19H,9H2,1-2H3. The molecule has 0 aliphatic carbocycles. The van der Waals surface area contributed by atoms with Gasteiger partial charge in [0.2, 0.25) is 0 Å². The highest BCUT2D eigenvalue weighted by molar-refractivity contribution is 9.10. The second kappa shape index (κ2) is 6.56. The molecule has 0 bridgehead atoms. The Morgan fingerprint density at radius 3 is 2.42 bits per heavy atom. The number of likely N-dealkylation sites (N-methyl/N-ethyl adjacent to an activating group) is 1. The average molecular weight is 339 g/mol. The highest BCUT2D eigenvalue weighted by atomic mass is 79.9. The van der Waals surface area contributed by atoms with Gasteiger partial charge >= 0.3 is 0 Å². The summed E-state index contributed by atoms with van der Waals surface area (Å²) < 4.78 is 1.11. The molecule has 0 aromatic heterocycles. The summed E-state index contributed by atoms with van der Waals surface area (Å²) in [7, 11) is 1.98. The molecule has 0 radical (unpaired) electrons. The van der Waals surface area contributed by atoms with E-state index in [4.69, 9.17) is 11.6 Å². The Kier molecular flexibility index (Phi) is 5.03. The van der Waals surface area contributed by atoms with E-state index in [0.29, 0.717) is 0 Å². The number of hydrogen-bond acceptors (Lipinski definition) is 1. The first-order chi connectivity index (χ1) is 9.10. The van der Waals surface area contributed by atoms with Crippen molar-refractivity contribution in [1.29, 1.82) is 0 Å². The van der Waals surface area contributed by atoms with Crippen LogP contribution in [0.15, 0.2) is 46.9 Å². The van der Waals surface area contributed by atoms with E-state index < -0.39 is 0 Å². The molecule has 3 heteroatoms. The van der Waals surface area contributed by atoms with Gasteiger partial charge < -0.3 is 5.32 Å². The molecule has 0 aliphatic rings. The number of benzene rings is 2. The molecule has 19 heavy (non-hydrogen) atoms. The fraction of sp³-hybridized carbons (Fsp3) is 0.250. The zero-order valence-corrected chi connectivity index (χ0v) is 13.4. The van der Waals surface area contributed by atoms with Gasteiger partial charge in [0.05, 0.1) is 0 Å². The number of aryl methyl sites for hydroxylation is 1. The smallest absolute Gasteiger partial charge is 0.0438 e. The molecular weight excluding hydrogens is 322 g/mol. The van der Waals surface area contributed by atoms with Gasteiger partial charge in [-0.1, -0.05) is 51.8 Å². The first kappa shape index (κ1) is 14.6. The van der Waals surface area contributed by atoms with E-state index in [1.807, 2.05) is 14.0 Å². The van der Waals surface area contributed by atoms with Crippen LogP contribution >= 0.6 is 27.5 Å². The molecule has 0 spiro atoms. The van der Waals surface area contributed by atoms with Gasteiger partial charge in [-0.2, -0.15) is 0 Å². The predicted molar refractivity (Wildman–Crippen MR) is 85.8 cm³/mol. The number of nitrogens with one attached hydrogen (secondary N) is 1. The van der Waals surface area contributed by atoms with E-state index in [-0.39, 0.29) is 6.04 Å². The monoisotopic (exact) mass is 337 g/mol. The zero-order chi connectivity index (χ0) is 13.8. The van der Waals surface area contributed by atoms with Crippen LogP contribution in [-0.2, 0) is 6.42 Å². The summed E-state index contributed by atoms with van der Waals surface area (Å²) in [5.74, 6) is 0. The van der Waals surface area contributed by atoms with Crippen LogP contribution in [0.4, 0.5) is 0 Å². The largest absolute Gasteiger partial charge is 0.313 e. The lowest BCUT2D eigenvalue weighted by atomic mass is 9.98. The fourth-order valence-electron chi connectivity index (χ4n) is 2.07. The zero-order valence-electron chi connectivity index (χ0n) is 11.1. The van der Waals surface area contributed by atoms with E-state index in [0.717, 1.165) is 21.5 Å². The quantitative estimate of drug-likeness (QED) is 0.835. The lowest BCUT2D eigenvalue weighted by Gasteiger charge is -2.17. The van der Waals surface area contributed by atoms with Crippen molar-refractivity contribution in [1.82, 2.24) is 5.32 Å². The van der Waals surface area contributed by atoms with Gasteiger partial charge in [0.1, 0.15) is 0 Å². The van der Waals surface area contributed by atoms with E-state index in [1.54, 1.807) is 0 Å². The maximum absolute atomic E-state index is 6.20. The minimum atomic E-state index is 0.277. The first-order valence-corrected chi connectivity index (χ1v) is 7.45. The highest BCUT2D eigenvalue weighted by Crippen LogP contribution is 2.24. The van der Waals surface area contributed by atoms with Gasteiger partial charge in [0.25, 0.3) is 0 Å². The van der Waals surface area contributed by atoms with Gasteiger partial charge in [-0.3, -0.25) is 0 Å². The summed E-state index contributed by atoms with van der Waals surface area (Å²) >= 11 is 9.66. The van der Waals surface area contributed by atoms with Crippen molar-refractivity contribution in [3.63, 3.8) is 0 Å². The maximum atomic E-state index is 6.20. The van der Waals surface area contributed by atoms with Crippen LogP contribution in [0, 0.1) is 6.92 Å². The van der Waals surface area contributed by atoms with Crippen molar-refractivity contribution >= 4 is 27.5 Å². The normalized spacial score (nSPS) is 12.4. The topological polar surface area (TPSA) is 12.0 Å². The van der Waals surface area contributed by atoms with E-state index in [1.165, 1.54) is 11.1 Å². The van der Waals surface area contributed by atoms with Gasteiger partial charge in [-0.15, -0.1) is 0 Å². The Balaban J connectivity index is 2.19.